The van der Waals surface area contributed by atoms with Gasteiger partial charge in [0.25, 0.3) is 0 Å². The normalized spacial score (nSPS) is 38.2. The van der Waals surface area contributed by atoms with Gasteiger partial charge in [0.15, 0.2) is 0 Å². The zero-order chi connectivity index (χ0) is 19.6. The van der Waals surface area contributed by atoms with Gasteiger partial charge in [-0.2, -0.15) is 0 Å². The van der Waals surface area contributed by atoms with Gasteiger partial charge in [0, 0.05) is 12.2 Å². The number of amides is 1. The molecule has 3 N–H and O–H groups in total. The summed E-state index contributed by atoms with van der Waals surface area (Å²) < 4.78 is 12.2. The maximum atomic E-state index is 13.2. The molecule has 2 aliphatic heterocycles. The summed E-state index contributed by atoms with van der Waals surface area (Å²) in [7, 11) is -0.849. The zero-order valence-electron chi connectivity index (χ0n) is 17.5. The van der Waals surface area contributed by atoms with E-state index in [0.29, 0.717) is 5.92 Å². The van der Waals surface area contributed by atoms with Crippen molar-refractivity contribution in [1.82, 2.24) is 15.5 Å². The predicted molar refractivity (Wildman–Crippen MR) is 109 cm³/mol. The number of carbonyl (C=O) groups is 1. The molecule has 6 nitrogen and oxygen atoms in total. The summed E-state index contributed by atoms with van der Waals surface area (Å²) in [4.78, 5) is 25.2. The molecule has 0 radical (unpaired) electrons. The van der Waals surface area contributed by atoms with Crippen molar-refractivity contribution in [3.8, 4) is 0 Å². The Labute approximate surface area is 164 Å². The second-order valence-corrected chi connectivity index (χ2v) is 10.4. The molecule has 3 fully saturated rings. The molecule has 1 aliphatic carbocycles. The van der Waals surface area contributed by atoms with E-state index in [0.717, 1.165) is 63.6 Å². The Morgan fingerprint density at radius 1 is 1.25 bits per heavy atom. The third-order valence-corrected chi connectivity index (χ3v) is 8.26. The summed E-state index contributed by atoms with van der Waals surface area (Å²) >= 11 is 0. The molecule has 2 saturated heterocycles. The van der Waals surface area contributed by atoms with E-state index in [2.05, 4.69) is 24.1 Å². The van der Waals surface area contributed by atoms with E-state index in [4.69, 9.17) is 0 Å². The van der Waals surface area contributed by atoms with Gasteiger partial charge in [-0.1, -0.05) is 45.6 Å². The van der Waals surface area contributed by atoms with Crippen LogP contribution in [-0.4, -0.2) is 46.7 Å². The van der Waals surface area contributed by atoms with Crippen molar-refractivity contribution >= 4 is 13.9 Å². The number of carbonyl (C=O) groups excluding carboxylic acids is 1. The molecule has 0 aromatic heterocycles. The fourth-order valence-electron chi connectivity index (χ4n) is 5.00. The molecule has 0 spiro atoms. The van der Waals surface area contributed by atoms with E-state index in [1.54, 1.807) is 0 Å². The number of hydrogen-bond donors (Lipinski definition) is 3. The van der Waals surface area contributed by atoms with Crippen LogP contribution in [0.25, 0.3) is 0 Å². The Morgan fingerprint density at radius 2 is 1.89 bits per heavy atom. The maximum Gasteiger partial charge on any atom is 0.240 e. The largest absolute Gasteiger partial charge is 0.373 e. The smallest absolute Gasteiger partial charge is 0.240 e. The summed E-state index contributed by atoms with van der Waals surface area (Å²) in [5.41, 5.74) is 0.743. The second-order valence-electron chi connectivity index (χ2n) is 8.86. The number of fused-ring (bicyclic) bond motifs is 2. The van der Waals surface area contributed by atoms with E-state index < -0.39 is 13.3 Å². The average Bonchev–Trinajstić information content (AvgIpc) is 3.18. The topological polar surface area (TPSA) is 81.7 Å². The van der Waals surface area contributed by atoms with Gasteiger partial charge in [0.05, 0.1) is 12.1 Å². The quantitative estimate of drug-likeness (QED) is 0.396. The van der Waals surface area contributed by atoms with Gasteiger partial charge in [-0.15, -0.1) is 0 Å². The molecule has 8 heteroatoms. The number of hydrogen-bond acceptors (Lipinski definition) is 4. The molecule has 28 heavy (non-hydrogen) atoms. The minimum atomic E-state index is -2.71. The fraction of sp³-hybridized carbons (Fsp3) is 0.850. The molecule has 0 aromatic rings. The van der Waals surface area contributed by atoms with Crippen LogP contribution < -0.4 is 10.6 Å². The first-order valence-corrected chi connectivity index (χ1v) is 11.9. The fourth-order valence-corrected chi connectivity index (χ4v) is 6.18. The standard InChI is InChI=1S/C20H36N3O3P.Rf/c1-14-11-18-15(2)22-20(27(25)26)12-16(20)9-7-5-4-6-8-10-17(21-3)19(24)23(18)13-14;/h14,16-18,21-22,27H,2,4-13H2,1,3H3,(H,25,26);. The van der Waals surface area contributed by atoms with Crippen molar-refractivity contribution in [3.63, 3.8) is 0 Å². The third kappa shape index (κ3) is 4.42. The number of likely N-dealkylation sites (N-methyl/N-ethyl adjacent to an activating group) is 1. The van der Waals surface area contributed by atoms with Crippen molar-refractivity contribution in [2.75, 3.05) is 13.6 Å². The maximum absolute atomic E-state index is 13.2. The van der Waals surface area contributed by atoms with Crippen molar-refractivity contribution < 1.29 is 14.3 Å². The van der Waals surface area contributed by atoms with Gasteiger partial charge in [0.2, 0.25) is 13.9 Å². The Balaban J connectivity index is 0.00000280. The summed E-state index contributed by atoms with van der Waals surface area (Å²) in [6.45, 7) is 7.10. The number of nitrogens with one attached hydrogen (secondary N) is 2. The summed E-state index contributed by atoms with van der Waals surface area (Å²) in [6.07, 6.45) is 9.11. The molecule has 2 heterocycles. The zero-order valence-corrected chi connectivity index (χ0v) is 24.9. The Morgan fingerprint density at radius 3 is 2.54 bits per heavy atom. The summed E-state index contributed by atoms with van der Waals surface area (Å²) in [5.74, 6) is 0.803. The van der Waals surface area contributed by atoms with E-state index in [-0.39, 0.29) is 23.9 Å². The second kappa shape index (κ2) is 9.11. The minimum absolute atomic E-state index is 0. The molecule has 3 aliphatic rings. The van der Waals surface area contributed by atoms with E-state index >= 15 is 0 Å². The van der Waals surface area contributed by atoms with Crippen LogP contribution in [0.4, 0.5) is 0 Å². The van der Waals surface area contributed by atoms with Crippen LogP contribution >= 0.6 is 8.03 Å². The number of rotatable bonds is 2. The first-order valence-electron chi connectivity index (χ1n) is 10.6. The minimum Gasteiger partial charge on any atom is -0.373 e. The van der Waals surface area contributed by atoms with Crippen LogP contribution in [-0.2, 0) is 9.36 Å². The van der Waals surface area contributed by atoms with Crippen LogP contribution in [0.3, 0.4) is 0 Å². The molecule has 1 saturated carbocycles. The van der Waals surface area contributed by atoms with Crippen molar-refractivity contribution in [2.45, 2.75) is 82.1 Å². The van der Waals surface area contributed by atoms with Crippen molar-refractivity contribution in [1.29, 1.82) is 0 Å². The van der Waals surface area contributed by atoms with E-state index in [9.17, 15) is 14.3 Å². The van der Waals surface area contributed by atoms with Crippen molar-refractivity contribution in [3.05, 3.63) is 12.3 Å². The van der Waals surface area contributed by atoms with Gasteiger partial charge >= 0.3 is 0 Å². The Hall–Kier alpha value is -1.84. The van der Waals surface area contributed by atoms with Gasteiger partial charge < -0.3 is 20.4 Å². The van der Waals surface area contributed by atoms with E-state index in [1.165, 1.54) is 6.42 Å². The monoisotopic (exact) mass is 664 g/mol. The van der Waals surface area contributed by atoms with Crippen LogP contribution in [0, 0.1) is 11.8 Å². The third-order valence-electron chi connectivity index (χ3n) is 6.76. The molecular weight excluding hydrogens is 628 g/mol. The number of nitrogens with zero attached hydrogens (tertiary/aromatic N) is 1. The van der Waals surface area contributed by atoms with Gasteiger partial charge in [-0.25, -0.2) is 0 Å². The summed E-state index contributed by atoms with van der Waals surface area (Å²) in [5, 5.41) is 5.87. The van der Waals surface area contributed by atoms with E-state index in [1.807, 2.05) is 11.9 Å². The predicted octanol–water partition coefficient (Wildman–Crippen LogP) is 2.84. The van der Waals surface area contributed by atoms with Crippen LogP contribution in [0.15, 0.2) is 12.3 Å². The average molecular weight is 664 g/mol. The SMILES string of the molecule is C=C1NC2([PH](=O)O)CC2CCCCCCCC(NC)C(=O)N2CC(C)CC12.[Rf]. The van der Waals surface area contributed by atoms with Crippen LogP contribution in [0.1, 0.15) is 64.7 Å². The van der Waals surface area contributed by atoms with Gasteiger partial charge in [-0.3, -0.25) is 9.36 Å². The molecule has 0 aromatic carbocycles. The molecule has 1 amide bonds. The Bertz CT molecular complexity index is 605. The van der Waals surface area contributed by atoms with Crippen LogP contribution in [0.5, 0.6) is 0 Å². The summed E-state index contributed by atoms with van der Waals surface area (Å²) in [6, 6.07) is -0.247. The first kappa shape index (κ1) is 22.4. The van der Waals surface area contributed by atoms with Crippen LogP contribution in [0.2, 0.25) is 0 Å². The molecule has 0 bridgehead atoms. The first-order chi connectivity index (χ1) is 12.9. The molecule has 156 valence electrons. The van der Waals surface area contributed by atoms with Gasteiger partial charge in [-0.05, 0) is 44.6 Å². The Kier molecular flexibility index (Phi) is 7.30. The molecule has 3 rings (SSSR count). The molecule has 6 atom stereocenters. The van der Waals surface area contributed by atoms with Gasteiger partial charge in [0.1, 0.15) is 5.28 Å². The molecule has 6 unspecified atom stereocenters. The molecular formula is C20H36N3O3PRf. The van der Waals surface area contributed by atoms with Crippen molar-refractivity contribution in [2.24, 2.45) is 11.8 Å².